The predicted molar refractivity (Wildman–Crippen MR) is 65.2 cm³/mol. The number of rotatable bonds is 3. The zero-order valence-electron chi connectivity index (χ0n) is 11.0. The molecular formula is C13H23F3N2. The molecule has 1 N–H and O–H groups in total. The fourth-order valence-corrected chi connectivity index (χ4v) is 3.62. The van der Waals surface area contributed by atoms with Crippen LogP contribution in [0.1, 0.15) is 38.5 Å². The third-order valence-corrected chi connectivity index (χ3v) is 4.55. The van der Waals surface area contributed by atoms with E-state index in [9.17, 15) is 13.2 Å². The van der Waals surface area contributed by atoms with Crippen LogP contribution in [0.25, 0.3) is 0 Å². The van der Waals surface area contributed by atoms with Crippen molar-refractivity contribution in [3.05, 3.63) is 0 Å². The molecule has 0 bridgehead atoms. The molecule has 0 aromatic rings. The van der Waals surface area contributed by atoms with Gasteiger partial charge in [-0.25, -0.2) is 0 Å². The van der Waals surface area contributed by atoms with Crippen molar-refractivity contribution in [2.75, 3.05) is 20.3 Å². The molecule has 5 heteroatoms. The molecule has 2 nitrogen and oxygen atoms in total. The van der Waals surface area contributed by atoms with Crippen molar-refractivity contribution in [1.29, 1.82) is 0 Å². The van der Waals surface area contributed by atoms with Gasteiger partial charge < -0.3 is 5.32 Å². The minimum atomic E-state index is -3.98. The molecule has 1 atom stereocenters. The molecule has 1 saturated heterocycles. The fourth-order valence-electron chi connectivity index (χ4n) is 3.62. The third kappa shape index (κ3) is 3.18. The van der Waals surface area contributed by atoms with E-state index in [4.69, 9.17) is 0 Å². The summed E-state index contributed by atoms with van der Waals surface area (Å²) in [7, 11) is 1.93. The van der Waals surface area contributed by atoms with Crippen LogP contribution in [0, 0.1) is 11.8 Å². The summed E-state index contributed by atoms with van der Waals surface area (Å²) in [4.78, 5) is 2.40. The molecule has 0 aromatic carbocycles. The first-order chi connectivity index (χ1) is 8.52. The topological polar surface area (TPSA) is 15.3 Å². The summed E-state index contributed by atoms with van der Waals surface area (Å²) in [6.45, 7) is 1.95. The quantitative estimate of drug-likeness (QED) is 0.843. The Labute approximate surface area is 107 Å². The van der Waals surface area contributed by atoms with E-state index in [2.05, 4.69) is 10.2 Å². The van der Waals surface area contributed by atoms with Gasteiger partial charge in [-0.3, -0.25) is 4.90 Å². The summed E-state index contributed by atoms with van der Waals surface area (Å²) in [5.41, 5.74) is 0. The molecule has 0 amide bonds. The van der Waals surface area contributed by atoms with Crippen molar-refractivity contribution < 1.29 is 13.2 Å². The van der Waals surface area contributed by atoms with Gasteiger partial charge in [-0.15, -0.1) is 0 Å². The average Bonchev–Trinajstić information content (AvgIpc) is 2.77. The molecule has 2 aliphatic rings. The van der Waals surface area contributed by atoms with Crippen LogP contribution in [0.5, 0.6) is 0 Å². The normalized spacial score (nSPS) is 35.0. The largest absolute Gasteiger partial charge is 0.391 e. The maximum absolute atomic E-state index is 12.6. The maximum atomic E-state index is 12.6. The molecule has 0 aromatic heterocycles. The lowest BCUT2D eigenvalue weighted by Gasteiger charge is -2.37. The predicted octanol–water partition coefficient (Wildman–Crippen LogP) is 3.00. The van der Waals surface area contributed by atoms with Gasteiger partial charge in [0.1, 0.15) is 0 Å². The Morgan fingerprint density at radius 2 is 1.78 bits per heavy atom. The number of halogens is 3. The summed E-state index contributed by atoms with van der Waals surface area (Å²) in [6.07, 6.45) is 0.514. The number of likely N-dealkylation sites (tertiary alicyclic amines) is 1. The molecule has 2 rings (SSSR count). The Morgan fingerprint density at radius 1 is 1.11 bits per heavy atom. The van der Waals surface area contributed by atoms with Crippen molar-refractivity contribution in [1.82, 2.24) is 10.2 Å². The van der Waals surface area contributed by atoms with Gasteiger partial charge in [0.15, 0.2) is 0 Å². The summed E-state index contributed by atoms with van der Waals surface area (Å²) in [6, 6.07) is 0.506. The Bertz CT molecular complexity index is 259. The molecule has 18 heavy (non-hydrogen) atoms. The second kappa shape index (κ2) is 5.78. The second-order valence-corrected chi connectivity index (χ2v) is 5.69. The zero-order chi connectivity index (χ0) is 13.2. The summed E-state index contributed by atoms with van der Waals surface area (Å²) >= 11 is 0. The first-order valence-corrected chi connectivity index (χ1v) is 6.97. The molecular weight excluding hydrogens is 241 g/mol. The number of nitrogens with one attached hydrogen (secondary N) is 1. The SMILES string of the molecule is CNCN1CCCC1C1CCC(C(F)(F)F)CC1. The summed E-state index contributed by atoms with van der Waals surface area (Å²) in [5.74, 6) is -0.577. The number of hydrogen-bond donors (Lipinski definition) is 1. The molecule has 1 aliphatic carbocycles. The van der Waals surface area contributed by atoms with Gasteiger partial charge in [0.2, 0.25) is 0 Å². The fraction of sp³-hybridized carbons (Fsp3) is 1.00. The smallest absolute Gasteiger partial charge is 0.307 e. The molecule has 0 radical (unpaired) electrons. The highest BCUT2D eigenvalue weighted by Crippen LogP contribution is 2.42. The van der Waals surface area contributed by atoms with Gasteiger partial charge in [-0.05, 0) is 58.0 Å². The molecule has 1 heterocycles. The second-order valence-electron chi connectivity index (χ2n) is 5.69. The van der Waals surface area contributed by atoms with Crippen molar-refractivity contribution in [3.63, 3.8) is 0 Å². The Kier molecular flexibility index (Phi) is 4.54. The minimum absolute atomic E-state index is 0.331. The van der Waals surface area contributed by atoms with Gasteiger partial charge in [-0.2, -0.15) is 13.2 Å². The monoisotopic (exact) mass is 264 g/mol. The molecule has 1 unspecified atom stereocenters. The van der Waals surface area contributed by atoms with E-state index in [-0.39, 0.29) is 0 Å². The zero-order valence-corrected chi connectivity index (χ0v) is 11.0. The highest BCUT2D eigenvalue weighted by Gasteiger charge is 2.43. The molecule has 0 spiro atoms. The molecule has 2 fully saturated rings. The number of hydrogen-bond acceptors (Lipinski definition) is 2. The molecule has 1 aliphatic heterocycles. The van der Waals surface area contributed by atoms with Crippen LogP contribution >= 0.6 is 0 Å². The van der Waals surface area contributed by atoms with E-state index in [0.29, 0.717) is 24.8 Å². The molecule has 106 valence electrons. The van der Waals surface area contributed by atoms with E-state index in [1.54, 1.807) is 0 Å². The van der Waals surface area contributed by atoms with Crippen LogP contribution in [-0.2, 0) is 0 Å². The van der Waals surface area contributed by atoms with Crippen molar-refractivity contribution in [2.24, 2.45) is 11.8 Å². The van der Waals surface area contributed by atoms with Crippen LogP contribution in [0.15, 0.2) is 0 Å². The summed E-state index contributed by atoms with van der Waals surface area (Å²) in [5, 5.41) is 3.16. The van der Waals surface area contributed by atoms with E-state index in [1.165, 1.54) is 6.42 Å². The highest BCUT2D eigenvalue weighted by atomic mass is 19.4. The van der Waals surface area contributed by atoms with Gasteiger partial charge >= 0.3 is 6.18 Å². The van der Waals surface area contributed by atoms with E-state index in [0.717, 1.165) is 32.5 Å². The summed E-state index contributed by atoms with van der Waals surface area (Å²) < 4.78 is 37.9. The Hall–Kier alpha value is -0.290. The van der Waals surface area contributed by atoms with Crippen molar-refractivity contribution in [2.45, 2.75) is 50.7 Å². The van der Waals surface area contributed by atoms with E-state index < -0.39 is 12.1 Å². The van der Waals surface area contributed by atoms with E-state index in [1.807, 2.05) is 7.05 Å². The van der Waals surface area contributed by atoms with Crippen LogP contribution in [-0.4, -0.2) is 37.4 Å². The van der Waals surface area contributed by atoms with Crippen LogP contribution < -0.4 is 5.32 Å². The van der Waals surface area contributed by atoms with Crippen LogP contribution in [0.2, 0.25) is 0 Å². The lowest BCUT2D eigenvalue weighted by Crippen LogP contribution is -2.42. The van der Waals surface area contributed by atoms with Crippen molar-refractivity contribution in [3.8, 4) is 0 Å². The minimum Gasteiger partial charge on any atom is -0.307 e. The van der Waals surface area contributed by atoms with Gasteiger partial charge in [0.05, 0.1) is 5.92 Å². The van der Waals surface area contributed by atoms with Crippen LogP contribution in [0.3, 0.4) is 0 Å². The first kappa shape index (κ1) is 14.1. The lowest BCUT2D eigenvalue weighted by molar-refractivity contribution is -0.184. The van der Waals surface area contributed by atoms with Crippen molar-refractivity contribution >= 4 is 0 Å². The number of alkyl halides is 3. The van der Waals surface area contributed by atoms with Gasteiger partial charge in [0, 0.05) is 12.7 Å². The molecule has 1 saturated carbocycles. The first-order valence-electron chi connectivity index (χ1n) is 6.97. The Balaban J connectivity index is 1.85. The third-order valence-electron chi connectivity index (χ3n) is 4.55. The number of nitrogens with zero attached hydrogens (tertiary/aromatic N) is 1. The Morgan fingerprint density at radius 3 is 2.33 bits per heavy atom. The van der Waals surface area contributed by atoms with Gasteiger partial charge in [0.25, 0.3) is 0 Å². The lowest BCUT2D eigenvalue weighted by atomic mass is 9.77. The van der Waals surface area contributed by atoms with Gasteiger partial charge in [-0.1, -0.05) is 0 Å². The standard InChI is InChI=1S/C13H23F3N2/c1-17-9-18-8-2-3-12(18)10-4-6-11(7-5-10)13(14,15)16/h10-12,17H,2-9H2,1H3. The van der Waals surface area contributed by atoms with E-state index >= 15 is 0 Å². The van der Waals surface area contributed by atoms with Crippen LogP contribution in [0.4, 0.5) is 13.2 Å². The highest BCUT2D eigenvalue weighted by molar-refractivity contribution is 4.88. The maximum Gasteiger partial charge on any atom is 0.391 e. The average molecular weight is 264 g/mol.